The maximum atomic E-state index is 13.6. The van der Waals surface area contributed by atoms with Crippen molar-refractivity contribution >= 4 is 27.0 Å². The minimum absolute atomic E-state index is 0.0550. The van der Waals surface area contributed by atoms with Gasteiger partial charge in [0.05, 0.1) is 16.3 Å². The molecule has 0 N–H and O–H groups in total. The van der Waals surface area contributed by atoms with Gasteiger partial charge in [-0.25, -0.2) is 13.4 Å². The normalized spacial score (nSPS) is 21.0. The number of hydrogen-bond donors (Lipinski definition) is 0. The number of ketones is 1. The third kappa shape index (κ3) is 2.40. The number of benzene rings is 2. The summed E-state index contributed by atoms with van der Waals surface area (Å²) in [5.74, 6) is -0.239. The Balaban J connectivity index is 1.83. The number of Topliss-reactive ketones (excluding diaryl/α,β-unsaturated/α-hetero) is 1. The Hall–Kier alpha value is -2.77. The first-order valence-electron chi connectivity index (χ1n) is 9.23. The molecule has 0 saturated carbocycles. The van der Waals surface area contributed by atoms with Gasteiger partial charge in [0.15, 0.2) is 0 Å². The summed E-state index contributed by atoms with van der Waals surface area (Å²) in [4.78, 5) is 22.4. The topological polar surface area (TPSA) is 70.0 Å². The van der Waals surface area contributed by atoms with Crippen LogP contribution in [0, 0.1) is 0 Å². The Morgan fingerprint density at radius 2 is 1.54 bits per heavy atom. The van der Waals surface area contributed by atoms with Gasteiger partial charge in [0, 0.05) is 37.3 Å². The second-order valence-corrected chi connectivity index (χ2v) is 9.13. The number of piperazine rings is 1. The highest BCUT2D eigenvalue weighted by Gasteiger charge is 2.43. The van der Waals surface area contributed by atoms with Crippen LogP contribution in [0.4, 0.5) is 5.69 Å². The van der Waals surface area contributed by atoms with E-state index in [-0.39, 0.29) is 21.3 Å². The molecule has 0 radical (unpaired) electrons. The van der Waals surface area contributed by atoms with Gasteiger partial charge in [-0.05, 0) is 19.2 Å². The van der Waals surface area contributed by atoms with Crippen LogP contribution >= 0.6 is 0 Å². The number of likely N-dealkylation sites (N-methyl/N-ethyl adjacent to an activating group) is 1. The first-order valence-corrected chi connectivity index (χ1v) is 10.7. The van der Waals surface area contributed by atoms with Crippen LogP contribution in [-0.2, 0) is 9.84 Å². The van der Waals surface area contributed by atoms with E-state index in [1.54, 1.807) is 48.5 Å². The average Bonchev–Trinajstić information content (AvgIpc) is 2.70. The predicted octanol–water partition coefficient (Wildman–Crippen LogP) is 2.25. The maximum absolute atomic E-state index is 13.6. The van der Waals surface area contributed by atoms with Crippen LogP contribution in [0.1, 0.15) is 15.9 Å². The summed E-state index contributed by atoms with van der Waals surface area (Å²) in [6.07, 6.45) is 0. The number of sulfone groups is 1. The highest BCUT2D eigenvalue weighted by Crippen LogP contribution is 2.42. The second kappa shape index (κ2) is 6.12. The average molecular weight is 393 g/mol. The number of fused-ring (bicyclic) bond motifs is 4. The number of hydrogen-bond acceptors (Lipinski definition) is 6. The molecular weight excluding hydrogens is 374 g/mol. The van der Waals surface area contributed by atoms with Crippen molar-refractivity contribution in [3.63, 3.8) is 0 Å². The number of carbonyl (C=O) groups is 1. The number of aliphatic imine (C=N–C) groups is 1. The van der Waals surface area contributed by atoms with Crippen molar-refractivity contribution in [3.05, 3.63) is 70.3 Å². The largest absolute Gasteiger partial charge is 0.365 e. The summed E-state index contributed by atoms with van der Waals surface area (Å²) in [6.45, 7) is 2.75. The molecule has 3 aliphatic rings. The fraction of sp³-hybridized carbons (Fsp3) is 0.238. The number of nitrogens with zero attached hydrogens (tertiary/aromatic N) is 3. The fourth-order valence-corrected chi connectivity index (χ4v) is 5.80. The van der Waals surface area contributed by atoms with Crippen LogP contribution in [0.5, 0.6) is 0 Å². The van der Waals surface area contributed by atoms with Crippen molar-refractivity contribution in [3.8, 4) is 0 Å². The van der Waals surface area contributed by atoms with Crippen LogP contribution in [0.2, 0.25) is 0 Å². The molecule has 2 aliphatic heterocycles. The van der Waals surface area contributed by atoms with Gasteiger partial charge in [0.1, 0.15) is 10.6 Å². The Kier molecular flexibility index (Phi) is 3.79. The van der Waals surface area contributed by atoms with Gasteiger partial charge in [-0.2, -0.15) is 0 Å². The summed E-state index contributed by atoms with van der Waals surface area (Å²) in [6, 6.07) is 13.8. The van der Waals surface area contributed by atoms with Crippen LogP contribution < -0.4 is 0 Å². The number of allylic oxidation sites excluding steroid dienone is 2. The lowest BCUT2D eigenvalue weighted by Gasteiger charge is -2.38. The van der Waals surface area contributed by atoms with Crippen LogP contribution in [0.15, 0.2) is 69.0 Å². The van der Waals surface area contributed by atoms with Gasteiger partial charge in [-0.3, -0.25) is 4.79 Å². The zero-order chi connectivity index (χ0) is 19.5. The predicted molar refractivity (Wildman–Crippen MR) is 107 cm³/mol. The summed E-state index contributed by atoms with van der Waals surface area (Å²) in [7, 11) is -1.84. The lowest BCUT2D eigenvalue weighted by molar-refractivity contribution is 0.0960. The first kappa shape index (κ1) is 17.3. The summed E-state index contributed by atoms with van der Waals surface area (Å²) in [5.41, 5.74) is 2.15. The van der Waals surface area contributed by atoms with Crippen molar-refractivity contribution < 1.29 is 13.2 Å². The van der Waals surface area contributed by atoms with Crippen LogP contribution in [-0.4, -0.2) is 62.9 Å². The SMILES string of the molecule is CN1CCN(C2=C3C(=Nc4ccccc4S3(=O)=O)c3ccccc3C2=O)CC1. The van der Waals surface area contributed by atoms with Gasteiger partial charge in [-0.1, -0.05) is 36.4 Å². The summed E-state index contributed by atoms with van der Waals surface area (Å²) >= 11 is 0. The van der Waals surface area contributed by atoms with E-state index in [2.05, 4.69) is 9.89 Å². The molecular formula is C21H19N3O3S. The second-order valence-electron chi connectivity index (χ2n) is 7.27. The van der Waals surface area contributed by atoms with Crippen molar-refractivity contribution in [2.24, 2.45) is 4.99 Å². The quantitative estimate of drug-likeness (QED) is 0.743. The van der Waals surface area contributed by atoms with E-state index in [1.807, 2.05) is 11.9 Å². The zero-order valence-electron chi connectivity index (χ0n) is 15.4. The standard InChI is InChI=1S/C21H19N3O3S/c1-23-10-12-24(13-11-23)19-20(25)15-7-3-2-6-14(15)18-21(19)28(26,27)17-9-5-4-8-16(17)22-18/h2-9H,10-13H2,1H3. The molecule has 0 spiro atoms. The Morgan fingerprint density at radius 1 is 0.893 bits per heavy atom. The van der Waals surface area contributed by atoms with E-state index in [4.69, 9.17) is 0 Å². The molecule has 1 aliphatic carbocycles. The lowest BCUT2D eigenvalue weighted by atomic mass is 9.90. The zero-order valence-corrected chi connectivity index (χ0v) is 16.2. The molecule has 2 aromatic rings. The molecule has 28 heavy (non-hydrogen) atoms. The molecule has 5 rings (SSSR count). The lowest BCUT2D eigenvalue weighted by Crippen LogP contribution is -2.47. The van der Waals surface area contributed by atoms with Gasteiger partial charge in [0.25, 0.3) is 0 Å². The molecule has 142 valence electrons. The van der Waals surface area contributed by atoms with E-state index in [0.29, 0.717) is 35.6 Å². The van der Waals surface area contributed by atoms with E-state index in [9.17, 15) is 13.2 Å². The number of rotatable bonds is 1. The van der Waals surface area contributed by atoms with Crippen molar-refractivity contribution in [1.29, 1.82) is 0 Å². The Morgan fingerprint density at radius 3 is 2.29 bits per heavy atom. The van der Waals surface area contributed by atoms with Gasteiger partial charge in [-0.15, -0.1) is 0 Å². The van der Waals surface area contributed by atoms with Crippen molar-refractivity contribution in [2.45, 2.75) is 4.90 Å². The number of para-hydroxylation sites is 1. The highest BCUT2D eigenvalue weighted by atomic mass is 32.2. The van der Waals surface area contributed by atoms with E-state index in [1.165, 1.54) is 0 Å². The molecule has 7 heteroatoms. The smallest absolute Gasteiger partial charge is 0.213 e. The van der Waals surface area contributed by atoms with E-state index in [0.717, 1.165) is 13.1 Å². The Bertz CT molecular complexity index is 1170. The molecule has 0 atom stereocenters. The molecule has 2 heterocycles. The van der Waals surface area contributed by atoms with Crippen LogP contribution in [0.25, 0.3) is 0 Å². The van der Waals surface area contributed by atoms with Crippen LogP contribution in [0.3, 0.4) is 0 Å². The monoisotopic (exact) mass is 393 g/mol. The van der Waals surface area contributed by atoms with Crippen molar-refractivity contribution in [1.82, 2.24) is 9.80 Å². The van der Waals surface area contributed by atoms with Crippen molar-refractivity contribution in [2.75, 3.05) is 33.2 Å². The van der Waals surface area contributed by atoms with Gasteiger partial charge < -0.3 is 9.80 Å². The molecule has 2 aromatic carbocycles. The van der Waals surface area contributed by atoms with Gasteiger partial charge in [0.2, 0.25) is 15.6 Å². The van der Waals surface area contributed by atoms with E-state index < -0.39 is 9.84 Å². The maximum Gasteiger partial charge on any atom is 0.213 e. The molecule has 6 nitrogen and oxygen atoms in total. The minimum atomic E-state index is -3.86. The first-order chi connectivity index (χ1) is 13.5. The minimum Gasteiger partial charge on any atom is -0.365 e. The summed E-state index contributed by atoms with van der Waals surface area (Å²) in [5, 5.41) is 0. The molecule has 0 unspecified atom stereocenters. The molecule has 1 fully saturated rings. The van der Waals surface area contributed by atoms with Gasteiger partial charge >= 0.3 is 0 Å². The summed E-state index contributed by atoms with van der Waals surface area (Å²) < 4.78 is 27.2. The number of carbonyl (C=O) groups excluding carboxylic acids is 1. The molecule has 1 saturated heterocycles. The molecule has 0 bridgehead atoms. The third-order valence-electron chi connectivity index (χ3n) is 5.55. The molecule has 0 amide bonds. The Labute approximate surface area is 163 Å². The fourth-order valence-electron chi connectivity index (χ4n) is 4.04. The van der Waals surface area contributed by atoms with E-state index >= 15 is 0 Å². The highest BCUT2D eigenvalue weighted by molar-refractivity contribution is 7.96. The molecule has 0 aromatic heterocycles. The third-order valence-corrected chi connectivity index (χ3v) is 7.40.